The lowest BCUT2D eigenvalue weighted by Gasteiger charge is -2.46. The monoisotopic (exact) mass is 373 g/mol. The van der Waals surface area contributed by atoms with Crippen molar-refractivity contribution in [1.29, 1.82) is 0 Å². The van der Waals surface area contributed by atoms with Gasteiger partial charge in [0.25, 0.3) is 5.91 Å². The zero-order valence-electron chi connectivity index (χ0n) is 16.2. The van der Waals surface area contributed by atoms with E-state index in [9.17, 15) is 9.59 Å². The fraction of sp³-hybridized carbons (Fsp3) is 0.217. The van der Waals surface area contributed by atoms with Crippen LogP contribution in [0.2, 0.25) is 0 Å². The topological polar surface area (TPSA) is 45.6 Å². The lowest BCUT2D eigenvalue weighted by molar-refractivity contribution is -0.0476. The van der Waals surface area contributed by atoms with Gasteiger partial charge in [0, 0.05) is 37.8 Å². The maximum atomic E-state index is 13.0. The van der Waals surface area contributed by atoms with Crippen molar-refractivity contribution in [1.82, 2.24) is 14.6 Å². The summed E-state index contributed by atoms with van der Waals surface area (Å²) in [6.07, 6.45) is 1.55. The zero-order chi connectivity index (χ0) is 19.8. The van der Waals surface area contributed by atoms with Crippen LogP contribution in [-0.4, -0.2) is 34.6 Å². The molecule has 1 aliphatic heterocycles. The lowest BCUT2D eigenvalue weighted by atomic mass is 9.87. The van der Waals surface area contributed by atoms with Gasteiger partial charge in [-0.3, -0.25) is 14.6 Å². The van der Waals surface area contributed by atoms with Gasteiger partial charge in [-0.2, -0.15) is 5.01 Å². The Labute approximate surface area is 164 Å². The molecule has 3 aromatic rings. The van der Waals surface area contributed by atoms with Gasteiger partial charge in [0.05, 0.1) is 0 Å². The van der Waals surface area contributed by atoms with Gasteiger partial charge in [-0.05, 0) is 18.1 Å². The molecule has 5 heteroatoms. The van der Waals surface area contributed by atoms with Crippen LogP contribution in [0.4, 0.5) is 0 Å². The highest BCUT2D eigenvalue weighted by molar-refractivity contribution is 5.94. The summed E-state index contributed by atoms with van der Waals surface area (Å²) in [5.41, 5.74) is 3.12. The number of amides is 1. The van der Waals surface area contributed by atoms with Crippen LogP contribution in [-0.2, 0) is 0 Å². The van der Waals surface area contributed by atoms with Crippen LogP contribution in [0, 0.1) is 6.92 Å². The molecule has 0 saturated heterocycles. The number of aromatic nitrogens is 1. The van der Waals surface area contributed by atoms with Crippen molar-refractivity contribution < 1.29 is 4.79 Å². The molecule has 0 bridgehead atoms. The first-order valence-corrected chi connectivity index (χ1v) is 9.33. The minimum atomic E-state index is -0.193. The van der Waals surface area contributed by atoms with Crippen molar-refractivity contribution >= 4 is 5.91 Å². The Bertz CT molecular complexity index is 1020. The Morgan fingerprint density at radius 1 is 0.821 bits per heavy atom. The molecule has 0 spiro atoms. The summed E-state index contributed by atoms with van der Waals surface area (Å²) in [7, 11) is 3.67. The number of hydrazine groups is 1. The van der Waals surface area contributed by atoms with E-state index in [-0.39, 0.29) is 23.4 Å². The first-order chi connectivity index (χ1) is 13.5. The number of benzene rings is 2. The molecule has 0 radical (unpaired) electrons. The molecule has 0 saturated carbocycles. The van der Waals surface area contributed by atoms with Gasteiger partial charge in [-0.1, -0.05) is 60.7 Å². The average molecular weight is 373 g/mol. The quantitative estimate of drug-likeness (QED) is 0.707. The largest absolute Gasteiger partial charge is 0.324 e. The van der Waals surface area contributed by atoms with Crippen LogP contribution in [0.5, 0.6) is 0 Å². The van der Waals surface area contributed by atoms with E-state index < -0.39 is 0 Å². The maximum Gasteiger partial charge on any atom is 0.285 e. The molecule has 1 aromatic heterocycles. The Balaban J connectivity index is 1.99. The average Bonchev–Trinajstić information content (AvgIpc) is 2.73. The van der Waals surface area contributed by atoms with Crippen LogP contribution in [0.15, 0.2) is 77.7 Å². The molecular formula is C23H23N3O2. The summed E-state index contributed by atoms with van der Waals surface area (Å²) >= 11 is 0. The third kappa shape index (κ3) is 2.84. The van der Waals surface area contributed by atoms with E-state index in [2.05, 4.69) is 24.3 Å². The Morgan fingerprint density at radius 3 is 1.89 bits per heavy atom. The van der Waals surface area contributed by atoms with Crippen LogP contribution in [0.1, 0.15) is 39.3 Å². The smallest absolute Gasteiger partial charge is 0.285 e. The maximum absolute atomic E-state index is 13.0. The van der Waals surface area contributed by atoms with E-state index in [1.54, 1.807) is 31.2 Å². The number of nitrogens with zero attached hydrogens (tertiary/aromatic N) is 3. The van der Waals surface area contributed by atoms with E-state index in [1.807, 2.05) is 53.0 Å². The van der Waals surface area contributed by atoms with Crippen molar-refractivity contribution in [2.75, 3.05) is 14.1 Å². The van der Waals surface area contributed by atoms with Crippen LogP contribution >= 0.6 is 0 Å². The first kappa shape index (κ1) is 18.2. The summed E-state index contributed by atoms with van der Waals surface area (Å²) in [6, 6.07) is 22.1. The Kier molecular flexibility index (Phi) is 4.61. The second-order valence-electron chi connectivity index (χ2n) is 7.18. The van der Waals surface area contributed by atoms with E-state index >= 15 is 0 Å². The summed E-state index contributed by atoms with van der Waals surface area (Å²) in [5.74, 6) is -0.197. The van der Waals surface area contributed by atoms with Crippen molar-refractivity contribution in [3.8, 4) is 0 Å². The van der Waals surface area contributed by atoms with Gasteiger partial charge in [-0.15, -0.1) is 0 Å². The molecule has 28 heavy (non-hydrogen) atoms. The molecule has 142 valence electrons. The SMILES string of the molecule is Cc1c2n(ccc1=O)C(C(c1ccccc1)c1ccccc1)N(C)N(C)C2=O. The molecule has 2 heterocycles. The molecule has 4 rings (SSSR count). The third-order valence-corrected chi connectivity index (χ3v) is 5.62. The fourth-order valence-corrected chi connectivity index (χ4v) is 4.04. The molecule has 2 aromatic carbocycles. The second-order valence-corrected chi connectivity index (χ2v) is 7.18. The predicted molar refractivity (Wildman–Crippen MR) is 109 cm³/mol. The number of carbonyl (C=O) groups is 1. The highest BCUT2D eigenvalue weighted by Crippen LogP contribution is 2.40. The molecule has 0 fully saturated rings. The molecule has 1 atom stereocenters. The van der Waals surface area contributed by atoms with Gasteiger partial charge < -0.3 is 4.57 Å². The second kappa shape index (κ2) is 7.09. The van der Waals surface area contributed by atoms with E-state index in [1.165, 1.54) is 0 Å². The molecule has 1 unspecified atom stereocenters. The standard InChI is InChI=1S/C23H23N3O2/c1-16-19(27)14-15-26-21(16)23(28)25(3)24(2)22(26)20(17-10-6-4-7-11-17)18-12-8-5-9-13-18/h4-15,20,22H,1-3H3. The molecule has 0 N–H and O–H groups in total. The van der Waals surface area contributed by atoms with Crippen molar-refractivity contribution in [3.63, 3.8) is 0 Å². The van der Waals surface area contributed by atoms with Crippen molar-refractivity contribution in [3.05, 3.63) is 106 Å². The van der Waals surface area contributed by atoms with E-state index in [0.717, 1.165) is 11.1 Å². The van der Waals surface area contributed by atoms with Gasteiger partial charge >= 0.3 is 0 Å². The summed E-state index contributed by atoms with van der Waals surface area (Å²) < 4.78 is 1.95. The normalized spacial score (nSPS) is 17.1. The fourth-order valence-electron chi connectivity index (χ4n) is 4.04. The summed E-state index contributed by atoms with van der Waals surface area (Å²) in [6.45, 7) is 1.72. The molecular weight excluding hydrogens is 350 g/mol. The van der Waals surface area contributed by atoms with Crippen molar-refractivity contribution in [2.45, 2.75) is 19.0 Å². The highest BCUT2D eigenvalue weighted by Gasteiger charge is 2.40. The van der Waals surface area contributed by atoms with Gasteiger partial charge in [0.2, 0.25) is 0 Å². The predicted octanol–water partition coefficient (Wildman–Crippen LogP) is 3.42. The first-order valence-electron chi connectivity index (χ1n) is 9.33. The van der Waals surface area contributed by atoms with Crippen LogP contribution in [0.25, 0.3) is 0 Å². The summed E-state index contributed by atoms with van der Waals surface area (Å²) in [5, 5.41) is 3.55. The number of pyridine rings is 1. The van der Waals surface area contributed by atoms with Crippen LogP contribution in [0.3, 0.4) is 0 Å². The molecule has 1 aliphatic rings. The number of hydrogen-bond acceptors (Lipinski definition) is 3. The molecule has 0 aliphatic carbocycles. The van der Waals surface area contributed by atoms with E-state index in [4.69, 9.17) is 0 Å². The van der Waals surface area contributed by atoms with Crippen molar-refractivity contribution in [2.24, 2.45) is 0 Å². The van der Waals surface area contributed by atoms with E-state index in [0.29, 0.717) is 11.3 Å². The number of carbonyl (C=O) groups excluding carboxylic acids is 1. The number of hydrogen-bond donors (Lipinski definition) is 0. The number of rotatable bonds is 3. The van der Waals surface area contributed by atoms with Gasteiger partial charge in [0.1, 0.15) is 11.9 Å². The van der Waals surface area contributed by atoms with Gasteiger partial charge in [-0.25, -0.2) is 0 Å². The highest BCUT2D eigenvalue weighted by atomic mass is 16.2. The van der Waals surface area contributed by atoms with Gasteiger partial charge in [0.15, 0.2) is 5.43 Å². The molecule has 5 nitrogen and oxygen atoms in total. The minimum absolute atomic E-state index is 0.0244. The lowest BCUT2D eigenvalue weighted by Crippen LogP contribution is -2.53. The molecule has 1 amide bonds. The third-order valence-electron chi connectivity index (χ3n) is 5.62. The Morgan fingerprint density at radius 2 is 1.36 bits per heavy atom. The number of likely N-dealkylation sites (N-methyl/N-ethyl adjacent to an activating group) is 1. The van der Waals surface area contributed by atoms with Crippen LogP contribution < -0.4 is 5.43 Å². The Hall–Kier alpha value is -3.18. The zero-order valence-corrected chi connectivity index (χ0v) is 16.2. The summed E-state index contributed by atoms with van der Waals surface area (Å²) in [4.78, 5) is 25.2. The minimum Gasteiger partial charge on any atom is -0.324 e. The number of fused-ring (bicyclic) bond motifs is 1.